The second-order valence-corrected chi connectivity index (χ2v) is 3.99. The third-order valence-corrected chi connectivity index (χ3v) is 2.67. The number of methoxy groups -OCH3 is 1. The first-order valence-corrected chi connectivity index (χ1v) is 5.15. The van der Waals surface area contributed by atoms with Crippen LogP contribution in [-0.2, 0) is 0 Å². The summed E-state index contributed by atoms with van der Waals surface area (Å²) in [7, 11) is 1.20. The minimum Gasteiger partial charge on any atom is -0.481 e. The number of ether oxygens (including phenoxy) is 1. The molecule has 82 valence electrons. The Kier molecular flexibility index (Phi) is 4.21. The van der Waals surface area contributed by atoms with Crippen molar-refractivity contribution in [2.24, 2.45) is 0 Å². The summed E-state index contributed by atoms with van der Waals surface area (Å²) in [4.78, 5) is 14.4. The van der Waals surface area contributed by atoms with E-state index in [1.807, 2.05) is 0 Å². The van der Waals surface area contributed by atoms with Crippen LogP contribution in [0.25, 0.3) is 0 Å². The Morgan fingerprint density at radius 1 is 1.67 bits per heavy atom. The van der Waals surface area contributed by atoms with E-state index in [2.05, 4.69) is 9.72 Å². The molecule has 0 aliphatic heterocycles. The quantitative estimate of drug-likeness (QED) is 0.623. The van der Waals surface area contributed by atoms with Crippen molar-refractivity contribution >= 4 is 39.4 Å². The SMILES string of the molecule is COc1nc(C(=O)Cl)cc(I)c1C(F)F. The number of pyridine rings is 1. The van der Waals surface area contributed by atoms with Crippen molar-refractivity contribution in [2.75, 3.05) is 7.11 Å². The molecule has 1 aromatic heterocycles. The molecule has 3 nitrogen and oxygen atoms in total. The van der Waals surface area contributed by atoms with E-state index < -0.39 is 11.7 Å². The first-order chi connectivity index (χ1) is 6.97. The molecule has 0 aromatic carbocycles. The van der Waals surface area contributed by atoms with Crippen molar-refractivity contribution in [1.82, 2.24) is 4.98 Å². The molecule has 1 aromatic rings. The standard InChI is InChI=1S/C8H5ClF2INO2/c1-15-8-5(7(10)11)3(12)2-4(13-8)6(9)14/h2,7H,1H3. The highest BCUT2D eigenvalue weighted by atomic mass is 127. The van der Waals surface area contributed by atoms with Crippen LogP contribution >= 0.6 is 34.2 Å². The predicted octanol–water partition coefficient (Wildman–Crippen LogP) is 3.01. The topological polar surface area (TPSA) is 39.2 Å². The number of hydrogen-bond acceptors (Lipinski definition) is 3. The fourth-order valence-electron chi connectivity index (χ4n) is 0.956. The van der Waals surface area contributed by atoms with Crippen LogP contribution in [0.1, 0.15) is 22.5 Å². The molecular formula is C8H5ClF2INO2. The van der Waals surface area contributed by atoms with Crippen LogP contribution in [0.4, 0.5) is 8.78 Å². The smallest absolute Gasteiger partial charge is 0.271 e. The molecule has 0 aliphatic carbocycles. The van der Waals surface area contributed by atoms with Gasteiger partial charge in [0.1, 0.15) is 5.69 Å². The Morgan fingerprint density at radius 3 is 2.67 bits per heavy atom. The van der Waals surface area contributed by atoms with E-state index in [1.165, 1.54) is 13.2 Å². The Balaban J connectivity index is 3.37. The summed E-state index contributed by atoms with van der Waals surface area (Å²) < 4.78 is 30.0. The van der Waals surface area contributed by atoms with Crippen LogP contribution in [0.5, 0.6) is 5.88 Å². The summed E-state index contributed by atoms with van der Waals surface area (Å²) in [5.41, 5.74) is -0.443. The van der Waals surface area contributed by atoms with Gasteiger partial charge in [-0.25, -0.2) is 13.8 Å². The van der Waals surface area contributed by atoms with Crippen LogP contribution < -0.4 is 4.74 Å². The molecule has 0 saturated heterocycles. The van der Waals surface area contributed by atoms with Crippen molar-refractivity contribution in [3.8, 4) is 5.88 Å². The zero-order chi connectivity index (χ0) is 11.6. The number of hydrogen-bond donors (Lipinski definition) is 0. The van der Waals surface area contributed by atoms with Gasteiger partial charge in [-0.15, -0.1) is 0 Å². The van der Waals surface area contributed by atoms with Crippen LogP contribution in [-0.4, -0.2) is 17.3 Å². The van der Waals surface area contributed by atoms with Crippen molar-refractivity contribution in [1.29, 1.82) is 0 Å². The van der Waals surface area contributed by atoms with Gasteiger partial charge in [0.05, 0.1) is 12.7 Å². The molecule has 15 heavy (non-hydrogen) atoms. The van der Waals surface area contributed by atoms with Crippen LogP contribution in [0, 0.1) is 3.57 Å². The van der Waals surface area contributed by atoms with Crippen molar-refractivity contribution in [3.05, 3.63) is 20.9 Å². The molecule has 0 unspecified atom stereocenters. The number of carbonyl (C=O) groups excluding carboxylic acids is 1. The minimum absolute atomic E-state index is 0.109. The number of alkyl halides is 2. The van der Waals surface area contributed by atoms with Gasteiger partial charge in [-0.1, -0.05) is 0 Å². The Morgan fingerprint density at radius 2 is 2.27 bits per heavy atom. The van der Waals surface area contributed by atoms with E-state index in [-0.39, 0.29) is 20.7 Å². The second kappa shape index (κ2) is 5.02. The summed E-state index contributed by atoms with van der Waals surface area (Å²) >= 11 is 6.86. The van der Waals surface area contributed by atoms with E-state index >= 15 is 0 Å². The monoisotopic (exact) mass is 347 g/mol. The maximum atomic E-state index is 12.6. The summed E-state index contributed by atoms with van der Waals surface area (Å²) in [5.74, 6) is -0.277. The lowest BCUT2D eigenvalue weighted by Gasteiger charge is -2.09. The van der Waals surface area contributed by atoms with Gasteiger partial charge >= 0.3 is 0 Å². The zero-order valence-electron chi connectivity index (χ0n) is 7.43. The fraction of sp³-hybridized carbons (Fsp3) is 0.250. The molecule has 1 heterocycles. The van der Waals surface area contributed by atoms with Crippen molar-refractivity contribution < 1.29 is 18.3 Å². The summed E-state index contributed by atoms with van der Waals surface area (Å²) in [5, 5.41) is -0.813. The molecule has 0 bridgehead atoms. The van der Waals surface area contributed by atoms with E-state index in [0.717, 1.165) is 0 Å². The lowest BCUT2D eigenvalue weighted by Crippen LogP contribution is -2.04. The van der Waals surface area contributed by atoms with Crippen molar-refractivity contribution in [3.63, 3.8) is 0 Å². The van der Waals surface area contributed by atoms with Gasteiger partial charge in [0, 0.05) is 3.57 Å². The fourth-order valence-corrected chi connectivity index (χ4v) is 1.81. The number of rotatable bonds is 3. The van der Waals surface area contributed by atoms with Crippen LogP contribution in [0.15, 0.2) is 6.07 Å². The van der Waals surface area contributed by atoms with Gasteiger partial charge in [-0.2, -0.15) is 0 Å². The second-order valence-electron chi connectivity index (χ2n) is 2.49. The lowest BCUT2D eigenvalue weighted by atomic mass is 10.2. The van der Waals surface area contributed by atoms with Gasteiger partial charge in [0.15, 0.2) is 0 Å². The minimum atomic E-state index is -2.71. The molecule has 0 atom stereocenters. The molecule has 0 N–H and O–H groups in total. The number of nitrogens with zero attached hydrogens (tertiary/aromatic N) is 1. The lowest BCUT2D eigenvalue weighted by molar-refractivity contribution is 0.107. The zero-order valence-corrected chi connectivity index (χ0v) is 10.3. The van der Waals surface area contributed by atoms with E-state index in [1.54, 1.807) is 22.6 Å². The molecule has 1 rings (SSSR count). The summed E-state index contributed by atoms with van der Waals surface area (Å²) in [6.45, 7) is 0. The molecule has 0 saturated carbocycles. The number of aromatic nitrogens is 1. The normalized spacial score (nSPS) is 10.5. The molecule has 7 heteroatoms. The maximum Gasteiger partial charge on any atom is 0.271 e. The molecule has 0 spiro atoms. The van der Waals surface area contributed by atoms with Gasteiger partial charge < -0.3 is 4.74 Å². The largest absolute Gasteiger partial charge is 0.481 e. The number of carbonyl (C=O) groups is 1. The first-order valence-electron chi connectivity index (χ1n) is 3.69. The highest BCUT2D eigenvalue weighted by Gasteiger charge is 2.21. The number of halogens is 4. The third kappa shape index (κ3) is 2.75. The summed E-state index contributed by atoms with van der Waals surface area (Å²) in [6.07, 6.45) is -2.71. The Labute approximate surface area is 103 Å². The Bertz CT molecular complexity index is 400. The molecule has 0 aliphatic rings. The highest BCUT2D eigenvalue weighted by Crippen LogP contribution is 2.32. The predicted molar refractivity (Wildman–Crippen MR) is 58.6 cm³/mol. The molecular weight excluding hydrogens is 342 g/mol. The highest BCUT2D eigenvalue weighted by molar-refractivity contribution is 14.1. The van der Waals surface area contributed by atoms with E-state index in [0.29, 0.717) is 0 Å². The average molecular weight is 347 g/mol. The molecule has 0 fully saturated rings. The van der Waals surface area contributed by atoms with Gasteiger partial charge in [0.25, 0.3) is 11.7 Å². The summed E-state index contributed by atoms with van der Waals surface area (Å²) in [6, 6.07) is 1.19. The van der Waals surface area contributed by atoms with Gasteiger partial charge in [0.2, 0.25) is 5.88 Å². The molecule has 0 amide bonds. The van der Waals surface area contributed by atoms with E-state index in [9.17, 15) is 13.6 Å². The maximum absolute atomic E-state index is 12.6. The Hall–Kier alpha value is -0.500. The van der Waals surface area contributed by atoms with Crippen LogP contribution in [0.3, 0.4) is 0 Å². The average Bonchev–Trinajstić information content (AvgIpc) is 2.15. The first kappa shape index (κ1) is 12.6. The van der Waals surface area contributed by atoms with E-state index in [4.69, 9.17) is 11.6 Å². The van der Waals surface area contributed by atoms with Gasteiger partial charge in [-0.3, -0.25) is 4.79 Å². The third-order valence-electron chi connectivity index (χ3n) is 1.59. The van der Waals surface area contributed by atoms with Gasteiger partial charge in [-0.05, 0) is 40.3 Å². The van der Waals surface area contributed by atoms with Crippen LogP contribution in [0.2, 0.25) is 0 Å². The van der Waals surface area contributed by atoms with Crippen molar-refractivity contribution in [2.45, 2.75) is 6.43 Å². The molecule has 0 radical (unpaired) electrons.